The number of hydrogen-bond acceptors (Lipinski definition) is 7. The van der Waals surface area contributed by atoms with Crippen LogP contribution in [0.2, 0.25) is 0 Å². The van der Waals surface area contributed by atoms with Crippen molar-refractivity contribution in [2.24, 2.45) is 0 Å². The van der Waals surface area contributed by atoms with Crippen LogP contribution in [0, 0.1) is 0 Å². The number of ether oxygens (including phenoxy) is 6. The van der Waals surface area contributed by atoms with Crippen molar-refractivity contribution in [2.75, 3.05) is 86.3 Å². The number of carbonyl (C=O) groups is 1. The molecule has 0 rings (SSSR count). The lowest BCUT2D eigenvalue weighted by atomic mass is 10.1. The standard InChI is InChI=1S/C22H45NO7.H2/c1-3-26-12-9-7-5-4-6-8-10-22(24)23-11-13-27-16-17-29-20-21-30-19-18-28-15-14-25-2;/h3-21H2,1-2H3,(H,23,24);1H. The van der Waals surface area contributed by atoms with Crippen LogP contribution >= 0.6 is 0 Å². The highest BCUT2D eigenvalue weighted by molar-refractivity contribution is 5.75. The molecule has 0 aromatic rings. The molecule has 0 aliphatic heterocycles. The maximum absolute atomic E-state index is 11.7. The molecule has 0 aliphatic rings. The highest BCUT2D eigenvalue weighted by Gasteiger charge is 2.00. The topological polar surface area (TPSA) is 84.5 Å². The first-order valence-corrected chi connectivity index (χ1v) is 11.5. The van der Waals surface area contributed by atoms with Crippen molar-refractivity contribution in [3.63, 3.8) is 0 Å². The molecule has 1 amide bonds. The Hall–Kier alpha value is -0.770. The zero-order valence-corrected chi connectivity index (χ0v) is 19.3. The Morgan fingerprint density at radius 3 is 1.70 bits per heavy atom. The van der Waals surface area contributed by atoms with Crippen molar-refractivity contribution in [1.82, 2.24) is 5.32 Å². The minimum absolute atomic E-state index is 0. The van der Waals surface area contributed by atoms with Gasteiger partial charge in [0, 0.05) is 34.7 Å². The number of rotatable bonds is 25. The van der Waals surface area contributed by atoms with Crippen molar-refractivity contribution in [3.8, 4) is 0 Å². The summed E-state index contributed by atoms with van der Waals surface area (Å²) in [7, 11) is 1.65. The molecular formula is C22H47NO7. The van der Waals surface area contributed by atoms with Crippen LogP contribution in [0.15, 0.2) is 0 Å². The van der Waals surface area contributed by atoms with Gasteiger partial charge in [-0.1, -0.05) is 25.7 Å². The fraction of sp³-hybridized carbons (Fsp3) is 0.955. The van der Waals surface area contributed by atoms with Gasteiger partial charge in [0.15, 0.2) is 0 Å². The predicted molar refractivity (Wildman–Crippen MR) is 119 cm³/mol. The van der Waals surface area contributed by atoms with Gasteiger partial charge in [-0.05, 0) is 19.8 Å². The molecular weight excluding hydrogens is 390 g/mol. The van der Waals surface area contributed by atoms with E-state index in [1.165, 1.54) is 19.3 Å². The summed E-state index contributed by atoms with van der Waals surface area (Å²) in [6.07, 6.45) is 7.42. The molecule has 182 valence electrons. The van der Waals surface area contributed by atoms with Crippen LogP contribution in [0.5, 0.6) is 0 Å². The predicted octanol–water partition coefficient (Wildman–Crippen LogP) is 2.83. The maximum atomic E-state index is 11.7. The second kappa shape index (κ2) is 26.3. The lowest BCUT2D eigenvalue weighted by molar-refractivity contribution is -0.121. The van der Waals surface area contributed by atoms with Crippen molar-refractivity contribution < 1.29 is 34.6 Å². The van der Waals surface area contributed by atoms with Crippen LogP contribution in [0.25, 0.3) is 0 Å². The molecule has 0 fully saturated rings. The maximum Gasteiger partial charge on any atom is 0.220 e. The average Bonchev–Trinajstić information content (AvgIpc) is 2.75. The van der Waals surface area contributed by atoms with E-state index >= 15 is 0 Å². The van der Waals surface area contributed by atoms with E-state index in [0.717, 1.165) is 32.5 Å². The van der Waals surface area contributed by atoms with Crippen LogP contribution in [0.1, 0.15) is 53.3 Å². The summed E-state index contributed by atoms with van der Waals surface area (Å²) in [4.78, 5) is 11.7. The molecule has 0 aromatic carbocycles. The second-order valence-electron chi connectivity index (χ2n) is 6.86. The van der Waals surface area contributed by atoms with E-state index in [2.05, 4.69) is 5.32 Å². The average molecular weight is 438 g/mol. The molecule has 8 heteroatoms. The van der Waals surface area contributed by atoms with Crippen molar-refractivity contribution in [2.45, 2.75) is 51.9 Å². The minimum atomic E-state index is 0. The molecule has 1 N–H and O–H groups in total. The van der Waals surface area contributed by atoms with Gasteiger partial charge >= 0.3 is 0 Å². The van der Waals surface area contributed by atoms with E-state index < -0.39 is 0 Å². The van der Waals surface area contributed by atoms with Crippen molar-refractivity contribution >= 4 is 5.91 Å². The molecule has 0 spiro atoms. The minimum Gasteiger partial charge on any atom is -0.382 e. The number of hydrogen-bond donors (Lipinski definition) is 1. The van der Waals surface area contributed by atoms with Crippen LogP contribution < -0.4 is 5.32 Å². The number of nitrogens with one attached hydrogen (secondary N) is 1. The van der Waals surface area contributed by atoms with E-state index in [9.17, 15) is 4.79 Å². The SMILES string of the molecule is CCOCCCCCCCCC(=O)NCCOCCOCCOCCOCCOC.[HH]. The van der Waals surface area contributed by atoms with E-state index in [0.29, 0.717) is 72.4 Å². The van der Waals surface area contributed by atoms with E-state index in [-0.39, 0.29) is 7.33 Å². The molecule has 0 saturated carbocycles. The van der Waals surface area contributed by atoms with Gasteiger partial charge in [-0.2, -0.15) is 0 Å². The Balaban J connectivity index is 0. The third-order valence-corrected chi connectivity index (χ3v) is 4.26. The smallest absolute Gasteiger partial charge is 0.220 e. The summed E-state index contributed by atoms with van der Waals surface area (Å²) in [6, 6.07) is 0. The fourth-order valence-corrected chi connectivity index (χ4v) is 2.60. The number of unbranched alkanes of at least 4 members (excludes halogenated alkanes) is 5. The molecule has 8 nitrogen and oxygen atoms in total. The first-order chi connectivity index (χ1) is 14.8. The summed E-state index contributed by atoms with van der Waals surface area (Å²) >= 11 is 0. The molecule has 0 aromatic heterocycles. The number of amides is 1. The van der Waals surface area contributed by atoms with Gasteiger partial charge in [-0.25, -0.2) is 0 Å². The summed E-state index contributed by atoms with van der Waals surface area (Å²) in [6.45, 7) is 9.15. The molecule has 0 saturated heterocycles. The van der Waals surface area contributed by atoms with Crippen molar-refractivity contribution in [3.05, 3.63) is 0 Å². The Labute approximate surface area is 184 Å². The highest BCUT2D eigenvalue weighted by atomic mass is 16.6. The second-order valence-corrected chi connectivity index (χ2v) is 6.86. The van der Waals surface area contributed by atoms with Gasteiger partial charge in [0.25, 0.3) is 0 Å². The summed E-state index contributed by atoms with van der Waals surface area (Å²) in [5.41, 5.74) is 0. The molecule has 30 heavy (non-hydrogen) atoms. The Morgan fingerprint density at radius 2 is 1.13 bits per heavy atom. The summed E-state index contributed by atoms with van der Waals surface area (Å²) < 4.78 is 31.7. The fourth-order valence-electron chi connectivity index (χ4n) is 2.60. The van der Waals surface area contributed by atoms with Crippen molar-refractivity contribution in [1.29, 1.82) is 0 Å². The van der Waals surface area contributed by atoms with Crippen LogP contribution in [0.4, 0.5) is 0 Å². The molecule has 0 aliphatic carbocycles. The molecule has 0 heterocycles. The van der Waals surface area contributed by atoms with Gasteiger partial charge in [-0.15, -0.1) is 0 Å². The summed E-state index contributed by atoms with van der Waals surface area (Å²) in [5.74, 6) is 0.106. The first-order valence-electron chi connectivity index (χ1n) is 11.5. The van der Waals surface area contributed by atoms with E-state index in [4.69, 9.17) is 28.4 Å². The van der Waals surface area contributed by atoms with Gasteiger partial charge in [-0.3, -0.25) is 4.79 Å². The van der Waals surface area contributed by atoms with Gasteiger partial charge in [0.2, 0.25) is 5.91 Å². The third kappa shape index (κ3) is 25.3. The van der Waals surface area contributed by atoms with E-state index in [1.54, 1.807) is 7.11 Å². The molecule has 0 atom stereocenters. The number of carbonyl (C=O) groups excluding carboxylic acids is 1. The Morgan fingerprint density at radius 1 is 0.633 bits per heavy atom. The van der Waals surface area contributed by atoms with Gasteiger partial charge in [0.1, 0.15) is 0 Å². The van der Waals surface area contributed by atoms with Crippen LogP contribution in [-0.4, -0.2) is 92.2 Å². The van der Waals surface area contributed by atoms with Crippen LogP contribution in [-0.2, 0) is 33.2 Å². The van der Waals surface area contributed by atoms with Crippen LogP contribution in [0.3, 0.4) is 0 Å². The third-order valence-electron chi connectivity index (χ3n) is 4.26. The molecule has 0 unspecified atom stereocenters. The largest absolute Gasteiger partial charge is 0.382 e. The Bertz CT molecular complexity index is 352. The monoisotopic (exact) mass is 437 g/mol. The number of methoxy groups -OCH3 is 1. The molecule has 0 bridgehead atoms. The molecule has 0 radical (unpaired) electrons. The zero-order valence-electron chi connectivity index (χ0n) is 19.3. The summed E-state index contributed by atoms with van der Waals surface area (Å²) in [5, 5.41) is 2.89. The lowest BCUT2D eigenvalue weighted by Gasteiger charge is -2.08. The van der Waals surface area contributed by atoms with Gasteiger partial charge < -0.3 is 33.7 Å². The highest BCUT2D eigenvalue weighted by Crippen LogP contribution is 2.07. The normalized spacial score (nSPS) is 11.1. The van der Waals surface area contributed by atoms with Gasteiger partial charge in [0.05, 0.1) is 59.5 Å². The Kier molecular flexibility index (Phi) is 25.6. The first kappa shape index (κ1) is 29.2. The zero-order chi connectivity index (χ0) is 22.0. The van der Waals surface area contributed by atoms with E-state index in [1.807, 2.05) is 6.92 Å². The quantitative estimate of drug-likeness (QED) is 0.220. The lowest BCUT2D eigenvalue weighted by Crippen LogP contribution is -2.27.